The van der Waals surface area contributed by atoms with Crippen LogP contribution in [0.25, 0.3) is 0 Å². The maximum Gasteiger partial charge on any atom is 0.327 e. The largest absolute Gasteiger partial charge is 0.469 e. The molecule has 0 unspecified atom stereocenters. The highest BCUT2D eigenvalue weighted by molar-refractivity contribution is 5.87. The standard InChI is InChI=1S/C7H11NO5/c1-12-5(9)2-3-6(10)13-7(11)4-8/h2-4,8H2,1H3. The normalized spacial score (nSPS) is 9.08. The number of nitrogens with two attached hydrogens (primary N) is 1. The summed E-state index contributed by atoms with van der Waals surface area (Å²) in [6.07, 6.45) is -0.286. The van der Waals surface area contributed by atoms with Gasteiger partial charge in [-0.1, -0.05) is 0 Å². The molecule has 0 aromatic heterocycles. The van der Waals surface area contributed by atoms with Crippen LogP contribution in [0.3, 0.4) is 0 Å². The lowest BCUT2D eigenvalue weighted by Crippen LogP contribution is -2.21. The fourth-order valence-corrected chi connectivity index (χ4v) is 0.526. The first kappa shape index (κ1) is 11.6. The van der Waals surface area contributed by atoms with Gasteiger partial charge in [0.15, 0.2) is 0 Å². The summed E-state index contributed by atoms with van der Waals surface area (Å²) in [5.41, 5.74) is 4.88. The van der Waals surface area contributed by atoms with Crippen LogP contribution in [0.5, 0.6) is 0 Å². The van der Waals surface area contributed by atoms with E-state index < -0.39 is 17.9 Å². The molecule has 0 aliphatic carbocycles. The van der Waals surface area contributed by atoms with Crippen molar-refractivity contribution in [3.63, 3.8) is 0 Å². The summed E-state index contributed by atoms with van der Waals surface area (Å²) in [5.74, 6) is -2.12. The zero-order valence-electron chi connectivity index (χ0n) is 7.24. The van der Waals surface area contributed by atoms with Crippen LogP contribution >= 0.6 is 0 Å². The highest BCUT2D eigenvalue weighted by Gasteiger charge is 2.10. The third-order valence-electron chi connectivity index (χ3n) is 1.16. The molecule has 0 saturated carbocycles. The van der Waals surface area contributed by atoms with Crippen LogP contribution in [0, 0.1) is 0 Å². The van der Waals surface area contributed by atoms with Crippen LogP contribution < -0.4 is 5.73 Å². The lowest BCUT2D eigenvalue weighted by Gasteiger charge is -1.99. The Balaban J connectivity index is 3.63. The summed E-state index contributed by atoms with van der Waals surface area (Å²) in [5, 5.41) is 0. The van der Waals surface area contributed by atoms with E-state index in [0.717, 1.165) is 0 Å². The summed E-state index contributed by atoms with van der Waals surface area (Å²) < 4.78 is 8.46. The van der Waals surface area contributed by atoms with Crippen molar-refractivity contribution in [2.75, 3.05) is 13.7 Å². The molecule has 0 aliphatic rings. The minimum Gasteiger partial charge on any atom is -0.469 e. The van der Waals surface area contributed by atoms with E-state index in [9.17, 15) is 14.4 Å². The van der Waals surface area contributed by atoms with Crippen LogP contribution in [-0.4, -0.2) is 31.6 Å². The van der Waals surface area contributed by atoms with Crippen molar-refractivity contribution in [2.45, 2.75) is 12.8 Å². The minimum absolute atomic E-state index is 0.104. The van der Waals surface area contributed by atoms with Gasteiger partial charge >= 0.3 is 17.9 Å². The summed E-state index contributed by atoms with van der Waals surface area (Å²) >= 11 is 0. The Morgan fingerprint density at radius 3 is 2.08 bits per heavy atom. The smallest absolute Gasteiger partial charge is 0.327 e. The Labute approximate surface area is 75.0 Å². The molecule has 0 rings (SSSR count). The molecule has 0 aliphatic heterocycles. The van der Waals surface area contributed by atoms with Gasteiger partial charge in [-0.05, 0) is 0 Å². The van der Waals surface area contributed by atoms with E-state index in [-0.39, 0.29) is 19.4 Å². The molecule has 0 fully saturated rings. The Kier molecular flexibility index (Phi) is 5.45. The summed E-state index contributed by atoms with van der Waals surface area (Å²) in [6, 6.07) is 0. The predicted molar refractivity (Wildman–Crippen MR) is 41.4 cm³/mol. The van der Waals surface area contributed by atoms with Gasteiger partial charge in [-0.3, -0.25) is 14.4 Å². The quantitative estimate of drug-likeness (QED) is 0.448. The highest BCUT2D eigenvalue weighted by Crippen LogP contribution is 1.94. The van der Waals surface area contributed by atoms with E-state index in [1.807, 2.05) is 0 Å². The number of rotatable bonds is 4. The molecule has 74 valence electrons. The minimum atomic E-state index is -0.810. The average Bonchev–Trinajstić information content (AvgIpc) is 2.13. The van der Waals surface area contributed by atoms with Crippen molar-refractivity contribution in [3.8, 4) is 0 Å². The number of hydrogen-bond donors (Lipinski definition) is 1. The van der Waals surface area contributed by atoms with E-state index >= 15 is 0 Å². The molecular weight excluding hydrogens is 178 g/mol. The molecule has 0 bridgehead atoms. The maximum absolute atomic E-state index is 10.7. The number of carbonyl (C=O) groups excluding carboxylic acids is 3. The number of carbonyl (C=O) groups is 3. The van der Waals surface area contributed by atoms with Gasteiger partial charge in [0.2, 0.25) is 0 Å². The molecule has 2 N–H and O–H groups in total. The molecule has 0 saturated heterocycles. The zero-order chi connectivity index (χ0) is 10.3. The topological polar surface area (TPSA) is 95.7 Å². The molecule has 0 spiro atoms. The first-order valence-electron chi connectivity index (χ1n) is 3.60. The maximum atomic E-state index is 10.7. The average molecular weight is 189 g/mol. The van der Waals surface area contributed by atoms with Crippen molar-refractivity contribution in [2.24, 2.45) is 5.73 Å². The van der Waals surface area contributed by atoms with Crippen molar-refractivity contribution in [1.82, 2.24) is 0 Å². The first-order chi connectivity index (χ1) is 6.10. The molecule has 0 radical (unpaired) electrons. The SMILES string of the molecule is COC(=O)CCC(=O)OC(=O)CN. The van der Waals surface area contributed by atoms with Crippen LogP contribution in [0.4, 0.5) is 0 Å². The van der Waals surface area contributed by atoms with Gasteiger partial charge in [-0.25, -0.2) is 0 Å². The van der Waals surface area contributed by atoms with Crippen molar-refractivity contribution in [3.05, 3.63) is 0 Å². The molecule has 6 nitrogen and oxygen atoms in total. The van der Waals surface area contributed by atoms with Gasteiger partial charge in [0, 0.05) is 0 Å². The predicted octanol–water partition coefficient (Wildman–Crippen LogP) is -1.03. The summed E-state index contributed by atoms with van der Waals surface area (Å²) in [4.78, 5) is 31.7. The molecular formula is C7H11NO5. The number of ether oxygens (including phenoxy) is 2. The second kappa shape index (κ2) is 6.13. The van der Waals surface area contributed by atoms with Crippen LogP contribution in [0.1, 0.15) is 12.8 Å². The lowest BCUT2D eigenvalue weighted by atomic mass is 10.3. The van der Waals surface area contributed by atoms with Crippen molar-refractivity contribution >= 4 is 17.9 Å². The van der Waals surface area contributed by atoms with E-state index in [2.05, 4.69) is 9.47 Å². The Morgan fingerprint density at radius 1 is 1.08 bits per heavy atom. The highest BCUT2D eigenvalue weighted by atomic mass is 16.6. The zero-order valence-corrected chi connectivity index (χ0v) is 7.24. The van der Waals surface area contributed by atoms with E-state index in [0.29, 0.717) is 0 Å². The number of methoxy groups -OCH3 is 1. The molecule has 0 amide bonds. The molecule has 0 heterocycles. The number of esters is 3. The van der Waals surface area contributed by atoms with Gasteiger partial charge in [-0.2, -0.15) is 0 Å². The third kappa shape index (κ3) is 5.80. The molecule has 0 atom stereocenters. The molecule has 6 heteroatoms. The lowest BCUT2D eigenvalue weighted by molar-refractivity contribution is -0.160. The van der Waals surface area contributed by atoms with Crippen molar-refractivity contribution in [1.29, 1.82) is 0 Å². The van der Waals surface area contributed by atoms with Gasteiger partial charge < -0.3 is 15.2 Å². The Hall–Kier alpha value is -1.43. The van der Waals surface area contributed by atoms with E-state index in [1.54, 1.807) is 0 Å². The third-order valence-corrected chi connectivity index (χ3v) is 1.16. The fourth-order valence-electron chi connectivity index (χ4n) is 0.526. The monoisotopic (exact) mass is 189 g/mol. The summed E-state index contributed by atoms with van der Waals surface area (Å²) in [6.45, 7) is -0.357. The van der Waals surface area contributed by atoms with Gasteiger partial charge in [0.1, 0.15) is 0 Å². The second-order valence-corrected chi connectivity index (χ2v) is 2.13. The summed E-state index contributed by atoms with van der Waals surface area (Å²) in [7, 11) is 1.21. The van der Waals surface area contributed by atoms with Crippen LogP contribution in [-0.2, 0) is 23.9 Å². The van der Waals surface area contributed by atoms with Gasteiger partial charge in [0.05, 0.1) is 26.5 Å². The van der Waals surface area contributed by atoms with Gasteiger partial charge in [-0.15, -0.1) is 0 Å². The van der Waals surface area contributed by atoms with Gasteiger partial charge in [0.25, 0.3) is 0 Å². The Bertz CT molecular complexity index is 213. The van der Waals surface area contributed by atoms with E-state index in [4.69, 9.17) is 5.73 Å². The molecule has 0 aromatic rings. The molecule has 13 heavy (non-hydrogen) atoms. The second-order valence-electron chi connectivity index (χ2n) is 2.13. The van der Waals surface area contributed by atoms with E-state index in [1.165, 1.54) is 7.11 Å². The van der Waals surface area contributed by atoms with Crippen LogP contribution in [0.2, 0.25) is 0 Å². The number of hydrogen-bond acceptors (Lipinski definition) is 6. The Morgan fingerprint density at radius 2 is 1.62 bits per heavy atom. The molecule has 0 aromatic carbocycles. The fraction of sp³-hybridized carbons (Fsp3) is 0.571. The van der Waals surface area contributed by atoms with Crippen molar-refractivity contribution < 1.29 is 23.9 Å². The van der Waals surface area contributed by atoms with Crippen LogP contribution in [0.15, 0.2) is 0 Å². The first-order valence-corrected chi connectivity index (χ1v) is 3.60.